The number of rotatable bonds is 2. The predicted octanol–water partition coefficient (Wildman–Crippen LogP) is 1.39. The van der Waals surface area contributed by atoms with Crippen LogP contribution >= 0.6 is 0 Å². The molecule has 0 fully saturated rings. The lowest BCUT2D eigenvalue weighted by Gasteiger charge is -2.12. The number of carbonyl (C=O) groups excluding carboxylic acids is 1. The minimum absolute atomic E-state index is 0.0201. The van der Waals surface area contributed by atoms with Crippen LogP contribution in [0.4, 0.5) is 5.69 Å². The molecule has 1 aliphatic rings. The largest absolute Gasteiger partial charge is 0.421 e. The van der Waals surface area contributed by atoms with E-state index in [1.54, 1.807) is 42.5 Å². The van der Waals surface area contributed by atoms with Crippen LogP contribution in [0.5, 0.6) is 5.75 Å². The number of nitrogen functional groups attached to an aromatic ring is 1. The molecule has 0 aliphatic heterocycles. The van der Waals surface area contributed by atoms with Crippen LogP contribution in [0.3, 0.4) is 0 Å². The van der Waals surface area contributed by atoms with Gasteiger partial charge in [-0.25, -0.2) is 4.79 Å². The molecule has 0 amide bonds. The van der Waals surface area contributed by atoms with Crippen molar-refractivity contribution < 1.29 is 9.53 Å². The smallest absolute Gasteiger partial charge is 0.343 e. The van der Waals surface area contributed by atoms with E-state index in [9.17, 15) is 4.79 Å². The van der Waals surface area contributed by atoms with Crippen LogP contribution in [-0.2, 0) is 4.79 Å². The quantitative estimate of drug-likeness (QED) is 0.457. The Morgan fingerprint density at radius 2 is 2.12 bits per heavy atom. The monoisotopic (exact) mass is 230 g/mol. The fraction of sp³-hybridized carbons (Fsp3) is 0.154. The second-order valence-corrected chi connectivity index (χ2v) is 3.85. The lowest BCUT2D eigenvalue weighted by atomic mass is 10.0. The summed E-state index contributed by atoms with van der Waals surface area (Å²) in [4.78, 5) is 11.8. The first-order valence-corrected chi connectivity index (χ1v) is 5.37. The highest BCUT2D eigenvalue weighted by Crippen LogP contribution is 2.21. The standard InChI is InChI=1S/C13H14N2O2/c14-10-7-5-9(6-8-10)13(16)17-12-4-2-1-3-11(12)15/h1-7,10H,8,14-15H2. The summed E-state index contributed by atoms with van der Waals surface area (Å²) in [6.45, 7) is 0. The molecule has 1 aromatic carbocycles. The van der Waals surface area contributed by atoms with E-state index < -0.39 is 5.97 Å². The van der Waals surface area contributed by atoms with Crippen molar-refractivity contribution in [3.05, 3.63) is 48.1 Å². The number of nitrogens with two attached hydrogens (primary N) is 2. The molecule has 0 bridgehead atoms. The second-order valence-electron chi connectivity index (χ2n) is 3.85. The fourth-order valence-electron chi connectivity index (χ4n) is 1.52. The van der Waals surface area contributed by atoms with Gasteiger partial charge in [-0.2, -0.15) is 0 Å². The highest BCUT2D eigenvalue weighted by molar-refractivity contribution is 5.93. The third-order valence-corrected chi connectivity index (χ3v) is 2.49. The van der Waals surface area contributed by atoms with Gasteiger partial charge in [0.2, 0.25) is 0 Å². The molecule has 0 saturated heterocycles. The average molecular weight is 230 g/mol. The minimum Gasteiger partial charge on any atom is -0.421 e. The zero-order valence-electron chi connectivity index (χ0n) is 9.30. The molecule has 2 rings (SSSR count). The van der Waals surface area contributed by atoms with Crippen molar-refractivity contribution in [2.24, 2.45) is 5.73 Å². The van der Waals surface area contributed by atoms with Crippen LogP contribution in [0.25, 0.3) is 0 Å². The molecule has 1 aromatic rings. The maximum Gasteiger partial charge on any atom is 0.343 e. The number of benzene rings is 1. The first-order valence-electron chi connectivity index (χ1n) is 5.37. The molecule has 4 nitrogen and oxygen atoms in total. The predicted molar refractivity (Wildman–Crippen MR) is 66.3 cm³/mol. The molecule has 0 radical (unpaired) electrons. The zero-order valence-corrected chi connectivity index (χ0v) is 9.30. The molecule has 0 aromatic heterocycles. The number of hydrogen-bond donors (Lipinski definition) is 2. The van der Waals surface area contributed by atoms with Crippen molar-refractivity contribution in [2.75, 3.05) is 5.73 Å². The van der Waals surface area contributed by atoms with Crippen LogP contribution in [0.15, 0.2) is 48.1 Å². The second kappa shape index (κ2) is 4.84. The van der Waals surface area contributed by atoms with Gasteiger partial charge in [-0.15, -0.1) is 0 Å². The van der Waals surface area contributed by atoms with Gasteiger partial charge in [0.25, 0.3) is 0 Å². The Morgan fingerprint density at radius 1 is 1.35 bits per heavy atom. The lowest BCUT2D eigenvalue weighted by Crippen LogP contribution is -2.20. The van der Waals surface area contributed by atoms with E-state index in [0.29, 0.717) is 23.4 Å². The van der Waals surface area contributed by atoms with E-state index in [1.807, 2.05) is 0 Å². The summed E-state index contributed by atoms with van der Waals surface area (Å²) in [5, 5.41) is 0. The Hall–Kier alpha value is -2.07. The number of ether oxygens (including phenoxy) is 1. The zero-order chi connectivity index (χ0) is 12.3. The minimum atomic E-state index is -0.411. The maximum atomic E-state index is 11.8. The Bertz CT molecular complexity index is 492. The van der Waals surface area contributed by atoms with Crippen molar-refractivity contribution in [3.63, 3.8) is 0 Å². The number of carbonyl (C=O) groups is 1. The molecule has 88 valence electrons. The van der Waals surface area contributed by atoms with Gasteiger partial charge >= 0.3 is 5.97 Å². The van der Waals surface area contributed by atoms with E-state index in [0.717, 1.165) is 0 Å². The fourth-order valence-corrected chi connectivity index (χ4v) is 1.52. The van der Waals surface area contributed by atoms with Crippen molar-refractivity contribution >= 4 is 11.7 Å². The third-order valence-electron chi connectivity index (χ3n) is 2.49. The molecule has 1 aliphatic carbocycles. The molecule has 0 heterocycles. The van der Waals surface area contributed by atoms with E-state index >= 15 is 0 Å². The molecule has 4 N–H and O–H groups in total. The summed E-state index contributed by atoms with van der Waals surface area (Å²) in [5.74, 6) is -0.0345. The van der Waals surface area contributed by atoms with Crippen LogP contribution in [0, 0.1) is 0 Å². The van der Waals surface area contributed by atoms with Gasteiger partial charge in [-0.1, -0.05) is 30.4 Å². The molecule has 17 heavy (non-hydrogen) atoms. The molecule has 1 atom stereocenters. The first-order chi connectivity index (χ1) is 8.16. The van der Waals surface area contributed by atoms with Crippen molar-refractivity contribution in [1.29, 1.82) is 0 Å². The van der Waals surface area contributed by atoms with E-state index in [2.05, 4.69) is 0 Å². The normalized spacial score (nSPS) is 18.6. The summed E-state index contributed by atoms with van der Waals surface area (Å²) in [6, 6.07) is 6.87. The van der Waals surface area contributed by atoms with E-state index in [4.69, 9.17) is 16.2 Å². The number of esters is 1. The van der Waals surface area contributed by atoms with Gasteiger partial charge in [-0.05, 0) is 18.6 Å². The molecule has 0 saturated carbocycles. The number of anilines is 1. The number of para-hydroxylation sites is 2. The van der Waals surface area contributed by atoms with Gasteiger partial charge in [0.05, 0.1) is 11.3 Å². The highest BCUT2D eigenvalue weighted by atomic mass is 16.5. The lowest BCUT2D eigenvalue weighted by molar-refractivity contribution is -0.129. The first kappa shape index (κ1) is 11.4. The van der Waals surface area contributed by atoms with E-state index in [1.165, 1.54) is 0 Å². The Morgan fingerprint density at radius 3 is 2.76 bits per heavy atom. The molecular formula is C13H14N2O2. The van der Waals surface area contributed by atoms with Gasteiger partial charge in [0.1, 0.15) is 0 Å². The van der Waals surface area contributed by atoms with Gasteiger partial charge in [0.15, 0.2) is 5.75 Å². The van der Waals surface area contributed by atoms with Gasteiger partial charge in [0, 0.05) is 6.04 Å². The summed E-state index contributed by atoms with van der Waals surface area (Å²) in [6.07, 6.45) is 5.87. The van der Waals surface area contributed by atoms with Crippen molar-refractivity contribution in [3.8, 4) is 5.75 Å². The van der Waals surface area contributed by atoms with Gasteiger partial charge in [-0.3, -0.25) is 0 Å². The molecule has 4 heteroatoms. The van der Waals surface area contributed by atoms with Crippen LogP contribution in [-0.4, -0.2) is 12.0 Å². The SMILES string of the molecule is Nc1ccccc1OC(=O)C1=CCC(N)C=C1. The van der Waals surface area contributed by atoms with Crippen molar-refractivity contribution in [1.82, 2.24) is 0 Å². The van der Waals surface area contributed by atoms with Crippen LogP contribution in [0.1, 0.15) is 6.42 Å². The Balaban J connectivity index is 2.08. The average Bonchev–Trinajstić information content (AvgIpc) is 2.33. The van der Waals surface area contributed by atoms with Crippen LogP contribution in [0.2, 0.25) is 0 Å². The summed E-state index contributed by atoms with van der Waals surface area (Å²) in [5.41, 5.74) is 12.3. The van der Waals surface area contributed by atoms with Crippen molar-refractivity contribution in [2.45, 2.75) is 12.5 Å². The van der Waals surface area contributed by atoms with Gasteiger partial charge < -0.3 is 16.2 Å². The molecular weight excluding hydrogens is 216 g/mol. The third kappa shape index (κ3) is 2.73. The highest BCUT2D eigenvalue weighted by Gasteiger charge is 2.14. The molecule has 1 unspecified atom stereocenters. The Labute approximate surface area is 99.6 Å². The summed E-state index contributed by atoms with van der Waals surface area (Å²) < 4.78 is 5.20. The summed E-state index contributed by atoms with van der Waals surface area (Å²) in [7, 11) is 0. The van der Waals surface area contributed by atoms with E-state index in [-0.39, 0.29) is 6.04 Å². The maximum absolute atomic E-state index is 11.8. The topological polar surface area (TPSA) is 78.3 Å². The summed E-state index contributed by atoms with van der Waals surface area (Å²) >= 11 is 0. The van der Waals surface area contributed by atoms with Crippen LogP contribution < -0.4 is 16.2 Å². The molecule has 0 spiro atoms. The Kier molecular flexibility index (Phi) is 3.25. The number of hydrogen-bond acceptors (Lipinski definition) is 4.